The minimum absolute atomic E-state index is 0.0358. The zero-order valence-electron chi connectivity index (χ0n) is 26.1. The lowest BCUT2D eigenvalue weighted by Crippen LogP contribution is -2.39. The molecule has 3 aromatic rings. The number of hydrogen-bond acceptors (Lipinski definition) is 5. The van der Waals surface area contributed by atoms with Gasteiger partial charge >= 0.3 is 6.09 Å². The van der Waals surface area contributed by atoms with Crippen LogP contribution in [-0.4, -0.2) is 70.5 Å². The molecule has 2 aromatic heterocycles. The maximum Gasteiger partial charge on any atom is 0.410 e. The van der Waals surface area contributed by atoms with Gasteiger partial charge in [-0.2, -0.15) is 0 Å². The Balaban J connectivity index is 1.51. The van der Waals surface area contributed by atoms with E-state index in [2.05, 4.69) is 31.1 Å². The van der Waals surface area contributed by atoms with E-state index in [4.69, 9.17) is 4.74 Å². The summed E-state index contributed by atoms with van der Waals surface area (Å²) in [5.74, 6) is -1.15. The molecule has 44 heavy (non-hydrogen) atoms. The van der Waals surface area contributed by atoms with Crippen LogP contribution in [0.25, 0.3) is 10.9 Å². The minimum atomic E-state index is -1.17. The number of nitrogens with zero attached hydrogens (tertiary/aromatic N) is 3. The van der Waals surface area contributed by atoms with Crippen molar-refractivity contribution in [3.8, 4) is 0 Å². The lowest BCUT2D eigenvalue weighted by Gasteiger charge is -2.21. The number of pyridine rings is 1. The summed E-state index contributed by atoms with van der Waals surface area (Å²) < 4.78 is 21.4. The number of halogens is 1. The third-order valence-corrected chi connectivity index (χ3v) is 7.37. The predicted molar refractivity (Wildman–Crippen MR) is 168 cm³/mol. The van der Waals surface area contributed by atoms with Gasteiger partial charge in [0.1, 0.15) is 11.5 Å². The number of allylic oxidation sites excluding steroid dienone is 1. The number of benzene rings is 1. The van der Waals surface area contributed by atoms with Gasteiger partial charge in [0, 0.05) is 50.0 Å². The van der Waals surface area contributed by atoms with Crippen LogP contribution in [-0.2, 0) is 27.3 Å². The van der Waals surface area contributed by atoms with Gasteiger partial charge in [0.15, 0.2) is 6.10 Å². The quantitative estimate of drug-likeness (QED) is 0.312. The molecule has 11 heteroatoms. The highest BCUT2D eigenvalue weighted by Gasteiger charge is 2.28. The zero-order chi connectivity index (χ0) is 32.0. The summed E-state index contributed by atoms with van der Waals surface area (Å²) in [5, 5.41) is 3.37. The first kappa shape index (κ1) is 32.5. The van der Waals surface area contributed by atoms with Gasteiger partial charge in [-0.25, -0.2) is 9.18 Å². The van der Waals surface area contributed by atoms with Crippen LogP contribution in [0.3, 0.4) is 0 Å². The van der Waals surface area contributed by atoms with Gasteiger partial charge in [0.05, 0.1) is 6.54 Å². The number of hydrogen-bond donors (Lipinski definition) is 2. The fourth-order valence-corrected chi connectivity index (χ4v) is 5.21. The molecule has 0 saturated carbocycles. The number of carbonyl (C=O) groups excluding carboxylic acids is 3. The Labute approximate surface area is 256 Å². The monoisotopic (exact) mass is 607 g/mol. The molecule has 0 spiro atoms. The first-order chi connectivity index (χ1) is 20.8. The number of aromatic nitrogens is 2. The van der Waals surface area contributed by atoms with Crippen LogP contribution >= 0.6 is 0 Å². The summed E-state index contributed by atoms with van der Waals surface area (Å²) in [6.07, 6.45) is 5.74. The second-order valence-corrected chi connectivity index (χ2v) is 12.7. The molecule has 3 amide bonds. The van der Waals surface area contributed by atoms with Crippen molar-refractivity contribution in [2.75, 3.05) is 32.5 Å². The van der Waals surface area contributed by atoms with E-state index < -0.39 is 23.7 Å². The number of aromatic amines is 1. The first-order valence-electron chi connectivity index (χ1n) is 14.9. The second kappa shape index (κ2) is 13.9. The Hall–Kier alpha value is -4.41. The van der Waals surface area contributed by atoms with Crippen molar-refractivity contribution in [1.29, 1.82) is 0 Å². The Bertz CT molecular complexity index is 1590. The number of anilines is 1. The SMILES string of the molecule is CN(C)C(=O)/C=C/CC[C@H](OC(=O)N1CCCC1)C(=O)Nc1cccn(Cc2cc3cc(F)cc(CC(C)(C)C)c3[nH]2)c1=O. The third-order valence-electron chi connectivity index (χ3n) is 7.37. The molecule has 236 valence electrons. The van der Waals surface area contributed by atoms with E-state index in [0.29, 0.717) is 31.6 Å². The molecule has 1 saturated heterocycles. The molecule has 0 radical (unpaired) electrons. The van der Waals surface area contributed by atoms with Crippen LogP contribution in [0.15, 0.2) is 53.5 Å². The van der Waals surface area contributed by atoms with Gasteiger partial charge in [0.2, 0.25) is 5.91 Å². The van der Waals surface area contributed by atoms with E-state index in [1.165, 1.54) is 27.7 Å². The molecule has 2 N–H and O–H groups in total. The summed E-state index contributed by atoms with van der Waals surface area (Å²) in [7, 11) is 3.27. The highest BCUT2D eigenvalue weighted by molar-refractivity contribution is 5.95. The molecular formula is C33H42FN5O5. The first-order valence-corrected chi connectivity index (χ1v) is 14.9. The van der Waals surface area contributed by atoms with Crippen LogP contribution in [0.5, 0.6) is 0 Å². The summed E-state index contributed by atoms with van der Waals surface area (Å²) in [6, 6.07) is 7.97. The van der Waals surface area contributed by atoms with Gasteiger partial charge in [0.25, 0.3) is 11.5 Å². The Kier molecular flexibility index (Phi) is 10.3. The molecule has 1 atom stereocenters. The molecule has 1 aromatic carbocycles. The van der Waals surface area contributed by atoms with E-state index in [9.17, 15) is 23.6 Å². The maximum atomic E-state index is 14.4. The normalized spacial score (nSPS) is 14.3. The molecule has 0 unspecified atom stereocenters. The summed E-state index contributed by atoms with van der Waals surface area (Å²) in [4.78, 5) is 57.6. The molecule has 1 aliphatic rings. The number of nitrogens with one attached hydrogen (secondary N) is 2. The average Bonchev–Trinajstić information content (AvgIpc) is 3.62. The highest BCUT2D eigenvalue weighted by Crippen LogP contribution is 2.28. The number of carbonyl (C=O) groups is 3. The molecule has 3 heterocycles. The second-order valence-electron chi connectivity index (χ2n) is 12.7. The molecule has 1 fully saturated rings. The smallest absolute Gasteiger partial charge is 0.410 e. The van der Waals surface area contributed by atoms with Crippen molar-refractivity contribution in [2.24, 2.45) is 5.41 Å². The van der Waals surface area contributed by atoms with Gasteiger partial charge < -0.3 is 29.4 Å². The Morgan fingerprint density at radius 1 is 1.16 bits per heavy atom. The largest absolute Gasteiger partial charge is 0.436 e. The van der Waals surface area contributed by atoms with Gasteiger partial charge in [-0.3, -0.25) is 14.4 Å². The van der Waals surface area contributed by atoms with E-state index >= 15 is 0 Å². The number of H-pyrrole nitrogens is 1. The van der Waals surface area contributed by atoms with Crippen LogP contribution in [0.2, 0.25) is 0 Å². The average molecular weight is 608 g/mol. The van der Waals surface area contributed by atoms with E-state index in [-0.39, 0.29) is 35.8 Å². The predicted octanol–water partition coefficient (Wildman–Crippen LogP) is 5.07. The van der Waals surface area contributed by atoms with Crippen molar-refractivity contribution in [1.82, 2.24) is 19.4 Å². The Morgan fingerprint density at radius 3 is 2.57 bits per heavy atom. The van der Waals surface area contributed by atoms with Crippen LogP contribution < -0.4 is 10.9 Å². The number of rotatable bonds is 10. The van der Waals surface area contributed by atoms with Crippen molar-refractivity contribution in [3.63, 3.8) is 0 Å². The third kappa shape index (κ3) is 8.58. The number of ether oxygens (including phenoxy) is 1. The fraction of sp³-hybridized carbons (Fsp3) is 0.455. The lowest BCUT2D eigenvalue weighted by atomic mass is 9.87. The molecule has 0 bridgehead atoms. The number of fused-ring (bicyclic) bond motifs is 1. The lowest BCUT2D eigenvalue weighted by molar-refractivity contribution is -0.125. The number of likely N-dealkylation sites (tertiary alicyclic amines) is 1. The van der Waals surface area contributed by atoms with Crippen LogP contribution in [0.4, 0.5) is 14.9 Å². The zero-order valence-corrected chi connectivity index (χ0v) is 26.1. The van der Waals surface area contributed by atoms with Crippen molar-refractivity contribution < 1.29 is 23.5 Å². The molecule has 10 nitrogen and oxygen atoms in total. The molecule has 4 rings (SSSR count). The van der Waals surface area contributed by atoms with Gasteiger partial charge in [-0.15, -0.1) is 0 Å². The highest BCUT2D eigenvalue weighted by atomic mass is 19.1. The standard InChI is InChI=1S/C33H42FN5O5/c1-33(2,3)20-23-18-24(34)17-22-19-25(35-29(22)23)21-39-16-10-11-26(31(39)42)36-30(41)27(12-6-7-13-28(40)37(4)5)44-32(43)38-14-8-9-15-38/h7,10-11,13,16-19,27,35H,6,8-9,12,14-15,20-21H2,1-5H3,(H,36,41)/b13-7+/t27-/m0/s1. The van der Waals surface area contributed by atoms with Crippen LogP contribution in [0.1, 0.15) is 57.7 Å². The van der Waals surface area contributed by atoms with E-state index in [1.807, 2.05) is 6.07 Å². The van der Waals surface area contributed by atoms with Gasteiger partial charge in [-0.1, -0.05) is 26.8 Å². The van der Waals surface area contributed by atoms with E-state index in [0.717, 1.165) is 29.3 Å². The Morgan fingerprint density at radius 2 is 1.89 bits per heavy atom. The van der Waals surface area contributed by atoms with Crippen LogP contribution in [0, 0.1) is 11.2 Å². The number of likely N-dealkylation sites (N-methyl/N-ethyl adjacent to an activating group) is 1. The summed E-state index contributed by atoms with van der Waals surface area (Å²) in [5.41, 5.74) is 1.95. The maximum absolute atomic E-state index is 14.4. The molecule has 1 aliphatic heterocycles. The molecule has 0 aliphatic carbocycles. The van der Waals surface area contributed by atoms with Gasteiger partial charge in [-0.05, 0) is 79.5 Å². The van der Waals surface area contributed by atoms with Crippen molar-refractivity contribution in [3.05, 3.63) is 76.1 Å². The minimum Gasteiger partial charge on any atom is -0.436 e. The van der Waals surface area contributed by atoms with Crippen molar-refractivity contribution >= 4 is 34.5 Å². The molecular weight excluding hydrogens is 565 g/mol. The fourth-order valence-electron chi connectivity index (χ4n) is 5.21. The van der Waals surface area contributed by atoms with Crippen molar-refractivity contribution in [2.45, 2.75) is 65.5 Å². The topological polar surface area (TPSA) is 117 Å². The van der Waals surface area contributed by atoms with E-state index in [1.54, 1.807) is 43.4 Å². The summed E-state index contributed by atoms with van der Waals surface area (Å²) >= 11 is 0. The number of amides is 3. The summed E-state index contributed by atoms with van der Waals surface area (Å²) in [6.45, 7) is 7.57.